The first-order valence-electron chi connectivity index (χ1n) is 6.66. The maximum Gasteiger partial charge on any atom is 0.161 e. The molecule has 5 heteroatoms. The molecule has 0 spiro atoms. The van der Waals surface area contributed by atoms with E-state index in [-0.39, 0.29) is 12.2 Å². The molecule has 0 aliphatic rings. The predicted octanol–water partition coefficient (Wildman–Crippen LogP) is 3.40. The Balaban J connectivity index is 2.17. The van der Waals surface area contributed by atoms with Gasteiger partial charge in [0.25, 0.3) is 0 Å². The molecule has 0 aromatic heterocycles. The molecule has 2 aromatic carbocycles. The lowest BCUT2D eigenvalue weighted by molar-refractivity contribution is 0.265. The third-order valence-corrected chi connectivity index (χ3v) is 2.93. The summed E-state index contributed by atoms with van der Waals surface area (Å²) in [5.74, 6) is 0.00132. The van der Waals surface area contributed by atoms with Gasteiger partial charge in [0.15, 0.2) is 11.5 Å². The molecule has 0 radical (unpaired) electrons. The average Bonchev–Trinajstić information content (AvgIpc) is 2.49. The molecule has 3 nitrogen and oxygen atoms in total. The summed E-state index contributed by atoms with van der Waals surface area (Å²) < 4.78 is 37.7. The normalized spacial score (nSPS) is 10.5. The highest BCUT2D eigenvalue weighted by atomic mass is 19.1. The van der Waals surface area contributed by atoms with E-state index >= 15 is 0 Å². The van der Waals surface area contributed by atoms with Gasteiger partial charge in [0.1, 0.15) is 18.2 Å². The van der Waals surface area contributed by atoms with E-state index in [0.717, 1.165) is 23.8 Å². The summed E-state index contributed by atoms with van der Waals surface area (Å²) in [5, 5.41) is 0. The Labute approximate surface area is 122 Å². The van der Waals surface area contributed by atoms with E-state index in [4.69, 9.17) is 15.2 Å². The topological polar surface area (TPSA) is 44.5 Å². The number of ether oxygens (including phenoxy) is 2. The van der Waals surface area contributed by atoms with E-state index in [1.54, 1.807) is 18.2 Å². The van der Waals surface area contributed by atoms with Crippen LogP contribution >= 0.6 is 0 Å². The molecule has 0 heterocycles. The molecule has 0 aliphatic carbocycles. The number of benzene rings is 2. The summed E-state index contributed by atoms with van der Waals surface area (Å²) in [4.78, 5) is 0. The van der Waals surface area contributed by atoms with Crippen molar-refractivity contribution in [3.05, 3.63) is 59.2 Å². The second-order valence-corrected chi connectivity index (χ2v) is 4.44. The van der Waals surface area contributed by atoms with Gasteiger partial charge in [-0.05, 0) is 42.8 Å². The van der Waals surface area contributed by atoms with Gasteiger partial charge in [0.2, 0.25) is 0 Å². The number of nitrogens with two attached hydrogens (primary N) is 1. The van der Waals surface area contributed by atoms with Crippen molar-refractivity contribution in [1.29, 1.82) is 0 Å². The zero-order valence-electron chi connectivity index (χ0n) is 11.7. The molecule has 112 valence electrons. The van der Waals surface area contributed by atoms with Gasteiger partial charge in [-0.15, -0.1) is 0 Å². The first-order chi connectivity index (χ1) is 10.1. The highest BCUT2D eigenvalue weighted by Crippen LogP contribution is 2.29. The molecule has 0 aliphatic heterocycles. The molecule has 0 saturated carbocycles. The lowest BCUT2D eigenvalue weighted by Crippen LogP contribution is -2.03. The monoisotopic (exact) mass is 293 g/mol. The molecular weight excluding hydrogens is 276 g/mol. The van der Waals surface area contributed by atoms with Crippen molar-refractivity contribution in [2.75, 3.05) is 6.61 Å². The molecule has 2 rings (SSSR count). The van der Waals surface area contributed by atoms with Crippen LogP contribution in [0.2, 0.25) is 0 Å². The maximum atomic E-state index is 13.5. The Morgan fingerprint density at radius 3 is 2.52 bits per heavy atom. The second kappa shape index (κ2) is 7.04. The van der Waals surface area contributed by atoms with E-state index in [9.17, 15) is 8.78 Å². The number of hydrogen-bond donors (Lipinski definition) is 1. The lowest BCUT2D eigenvalue weighted by Gasteiger charge is -2.13. The number of halogens is 2. The lowest BCUT2D eigenvalue weighted by atomic mass is 10.2. The van der Waals surface area contributed by atoms with Gasteiger partial charge in [-0.1, -0.05) is 6.07 Å². The standard InChI is InChI=1S/C16H17F2NO2/c1-2-20-16-7-11(9-19)3-6-15(16)21-10-12-8-13(17)4-5-14(12)18/h3-8H,2,9-10,19H2,1H3. The first-order valence-corrected chi connectivity index (χ1v) is 6.66. The van der Waals surface area contributed by atoms with E-state index in [1.807, 2.05) is 6.92 Å². The van der Waals surface area contributed by atoms with E-state index in [1.165, 1.54) is 0 Å². The quantitative estimate of drug-likeness (QED) is 0.887. The number of rotatable bonds is 6. The molecule has 0 unspecified atom stereocenters. The zero-order chi connectivity index (χ0) is 15.2. The summed E-state index contributed by atoms with van der Waals surface area (Å²) in [6.07, 6.45) is 0. The van der Waals surface area contributed by atoms with Crippen LogP contribution < -0.4 is 15.2 Å². The fourth-order valence-electron chi connectivity index (χ4n) is 1.88. The van der Waals surface area contributed by atoms with Gasteiger partial charge in [-0.2, -0.15) is 0 Å². The SMILES string of the molecule is CCOc1cc(CN)ccc1OCc1cc(F)ccc1F. The van der Waals surface area contributed by atoms with Gasteiger partial charge < -0.3 is 15.2 Å². The molecule has 0 atom stereocenters. The first kappa shape index (κ1) is 15.3. The van der Waals surface area contributed by atoms with Crippen LogP contribution in [0.5, 0.6) is 11.5 Å². The Kier molecular flexibility index (Phi) is 5.11. The molecule has 21 heavy (non-hydrogen) atoms. The van der Waals surface area contributed by atoms with E-state index in [0.29, 0.717) is 24.7 Å². The van der Waals surface area contributed by atoms with Crippen LogP contribution in [0.4, 0.5) is 8.78 Å². The second-order valence-electron chi connectivity index (χ2n) is 4.44. The van der Waals surface area contributed by atoms with Crippen molar-refractivity contribution in [3.8, 4) is 11.5 Å². The minimum Gasteiger partial charge on any atom is -0.490 e. The summed E-state index contributed by atoms with van der Waals surface area (Å²) in [6.45, 7) is 2.63. The molecule has 0 saturated heterocycles. The highest BCUT2D eigenvalue weighted by molar-refractivity contribution is 5.43. The fraction of sp³-hybridized carbons (Fsp3) is 0.250. The third kappa shape index (κ3) is 3.92. The smallest absolute Gasteiger partial charge is 0.161 e. The summed E-state index contributed by atoms with van der Waals surface area (Å²) in [6, 6.07) is 8.56. The predicted molar refractivity (Wildman–Crippen MR) is 76.2 cm³/mol. The van der Waals surface area contributed by atoms with Crippen molar-refractivity contribution in [2.24, 2.45) is 5.73 Å². The van der Waals surface area contributed by atoms with Crippen LogP contribution in [0.3, 0.4) is 0 Å². The fourth-order valence-corrected chi connectivity index (χ4v) is 1.88. The van der Waals surface area contributed by atoms with Crippen LogP contribution in [0.25, 0.3) is 0 Å². The largest absolute Gasteiger partial charge is 0.490 e. The Morgan fingerprint density at radius 2 is 1.81 bits per heavy atom. The molecule has 2 aromatic rings. The minimum atomic E-state index is -0.507. The Hall–Kier alpha value is -2.14. The molecule has 0 amide bonds. The van der Waals surface area contributed by atoms with Crippen molar-refractivity contribution >= 4 is 0 Å². The van der Waals surface area contributed by atoms with Crippen molar-refractivity contribution in [2.45, 2.75) is 20.1 Å². The van der Waals surface area contributed by atoms with Crippen LogP contribution in [0.15, 0.2) is 36.4 Å². The minimum absolute atomic E-state index is 0.0777. The maximum absolute atomic E-state index is 13.5. The Morgan fingerprint density at radius 1 is 1.00 bits per heavy atom. The van der Waals surface area contributed by atoms with Crippen LogP contribution in [-0.2, 0) is 13.2 Å². The van der Waals surface area contributed by atoms with Crippen molar-refractivity contribution < 1.29 is 18.3 Å². The van der Waals surface area contributed by atoms with Gasteiger partial charge in [-0.25, -0.2) is 8.78 Å². The third-order valence-electron chi connectivity index (χ3n) is 2.93. The van der Waals surface area contributed by atoms with Crippen LogP contribution in [0.1, 0.15) is 18.1 Å². The van der Waals surface area contributed by atoms with E-state index in [2.05, 4.69) is 0 Å². The highest BCUT2D eigenvalue weighted by Gasteiger charge is 2.09. The zero-order valence-corrected chi connectivity index (χ0v) is 11.7. The number of hydrogen-bond acceptors (Lipinski definition) is 3. The Bertz CT molecular complexity index is 617. The van der Waals surface area contributed by atoms with Crippen LogP contribution in [-0.4, -0.2) is 6.61 Å². The summed E-state index contributed by atoms with van der Waals surface area (Å²) >= 11 is 0. The summed E-state index contributed by atoms with van der Waals surface area (Å²) in [7, 11) is 0. The molecular formula is C16H17F2NO2. The van der Waals surface area contributed by atoms with Gasteiger partial charge in [0.05, 0.1) is 6.61 Å². The van der Waals surface area contributed by atoms with Crippen molar-refractivity contribution in [3.63, 3.8) is 0 Å². The average molecular weight is 293 g/mol. The van der Waals surface area contributed by atoms with Gasteiger partial charge >= 0.3 is 0 Å². The van der Waals surface area contributed by atoms with Gasteiger partial charge in [-0.3, -0.25) is 0 Å². The van der Waals surface area contributed by atoms with Crippen molar-refractivity contribution in [1.82, 2.24) is 0 Å². The molecule has 0 bridgehead atoms. The van der Waals surface area contributed by atoms with Crippen LogP contribution in [0, 0.1) is 11.6 Å². The van der Waals surface area contributed by atoms with Gasteiger partial charge in [0, 0.05) is 12.1 Å². The summed E-state index contributed by atoms with van der Waals surface area (Å²) in [5.41, 5.74) is 6.64. The molecule has 2 N–H and O–H groups in total. The van der Waals surface area contributed by atoms with E-state index < -0.39 is 11.6 Å². The molecule has 0 fully saturated rings.